The molecule has 2 rings (SSSR count). The molecule has 8 heteroatoms. The molecule has 0 fully saturated rings. The number of carboxylic acids is 1. The minimum absolute atomic E-state index is 0.0111. The van der Waals surface area contributed by atoms with Gasteiger partial charge in [-0.15, -0.1) is 10.2 Å². The molecule has 0 spiro atoms. The minimum Gasteiger partial charge on any atom is -0.481 e. The van der Waals surface area contributed by atoms with Crippen LogP contribution in [0.2, 0.25) is 0 Å². The lowest BCUT2D eigenvalue weighted by Gasteiger charge is -2.05. The number of carboxylic acid groups (broad SMARTS) is 1. The largest absolute Gasteiger partial charge is 0.481 e. The van der Waals surface area contributed by atoms with E-state index in [1.807, 2.05) is 25.1 Å². The Morgan fingerprint density at radius 1 is 1.53 bits per heavy atom. The Balaban J connectivity index is 2.07. The van der Waals surface area contributed by atoms with E-state index in [9.17, 15) is 4.79 Å². The summed E-state index contributed by atoms with van der Waals surface area (Å²) in [6, 6.07) is 5.96. The van der Waals surface area contributed by atoms with Crippen molar-refractivity contribution in [3.05, 3.63) is 28.2 Å². The predicted octanol–water partition coefficient (Wildman–Crippen LogP) is 3.53. The number of benzene rings is 1. The lowest BCUT2D eigenvalue weighted by Crippen LogP contribution is -1.96. The first kappa shape index (κ1) is 14.3. The Morgan fingerprint density at radius 3 is 3.05 bits per heavy atom. The zero-order valence-electron chi connectivity index (χ0n) is 9.88. The highest BCUT2D eigenvalue weighted by atomic mass is 79.9. The Labute approximate surface area is 126 Å². The van der Waals surface area contributed by atoms with E-state index in [0.29, 0.717) is 9.47 Å². The first-order chi connectivity index (χ1) is 9.04. The number of halogens is 1. The molecule has 0 aliphatic carbocycles. The normalized spacial score (nSPS) is 10.4. The molecule has 19 heavy (non-hydrogen) atoms. The second-order valence-electron chi connectivity index (χ2n) is 3.66. The van der Waals surface area contributed by atoms with E-state index in [-0.39, 0.29) is 5.75 Å². The summed E-state index contributed by atoms with van der Waals surface area (Å²) < 4.78 is 1.57. The smallest absolute Gasteiger partial charge is 0.313 e. The number of thioether (sulfide) groups is 1. The topological polar surface area (TPSA) is 75.1 Å². The number of aliphatic carboxylic acids is 1. The van der Waals surface area contributed by atoms with Crippen molar-refractivity contribution in [2.75, 3.05) is 11.1 Å². The van der Waals surface area contributed by atoms with Gasteiger partial charge < -0.3 is 10.4 Å². The van der Waals surface area contributed by atoms with E-state index >= 15 is 0 Å². The number of anilines is 2. The van der Waals surface area contributed by atoms with Crippen LogP contribution in [0.5, 0.6) is 0 Å². The van der Waals surface area contributed by atoms with Crippen LogP contribution < -0.4 is 5.32 Å². The Kier molecular flexibility index (Phi) is 4.78. The number of hydrogen-bond donors (Lipinski definition) is 2. The van der Waals surface area contributed by atoms with Gasteiger partial charge in [-0.2, -0.15) is 0 Å². The number of hydrogen-bond acceptors (Lipinski definition) is 6. The van der Waals surface area contributed by atoms with E-state index in [4.69, 9.17) is 5.11 Å². The van der Waals surface area contributed by atoms with Crippen LogP contribution in [0, 0.1) is 6.92 Å². The monoisotopic (exact) mass is 359 g/mol. The second kappa shape index (κ2) is 6.36. The van der Waals surface area contributed by atoms with Crippen molar-refractivity contribution in [2.24, 2.45) is 0 Å². The fourth-order valence-electron chi connectivity index (χ4n) is 1.29. The van der Waals surface area contributed by atoms with Crippen LogP contribution in [0.4, 0.5) is 10.8 Å². The van der Waals surface area contributed by atoms with Crippen LogP contribution in [0.15, 0.2) is 27.0 Å². The minimum atomic E-state index is -0.865. The van der Waals surface area contributed by atoms with Gasteiger partial charge in [-0.25, -0.2) is 0 Å². The molecular weight excluding hydrogens is 350 g/mol. The van der Waals surface area contributed by atoms with E-state index < -0.39 is 5.97 Å². The third kappa shape index (κ3) is 4.19. The van der Waals surface area contributed by atoms with Crippen molar-refractivity contribution < 1.29 is 9.90 Å². The van der Waals surface area contributed by atoms with Gasteiger partial charge in [-0.05, 0) is 40.5 Å². The molecule has 100 valence electrons. The van der Waals surface area contributed by atoms with Crippen LogP contribution >= 0.6 is 39.0 Å². The van der Waals surface area contributed by atoms with Gasteiger partial charge in [0, 0.05) is 4.47 Å². The maximum absolute atomic E-state index is 10.5. The summed E-state index contributed by atoms with van der Waals surface area (Å²) in [6.45, 7) is 2.01. The average Bonchev–Trinajstić information content (AvgIpc) is 2.79. The van der Waals surface area contributed by atoms with Crippen LogP contribution in [0.25, 0.3) is 0 Å². The number of nitrogens with zero attached hydrogens (tertiary/aromatic N) is 2. The molecular formula is C11H10BrN3O2S2. The highest BCUT2D eigenvalue weighted by molar-refractivity contribution is 9.10. The second-order valence-corrected chi connectivity index (χ2v) is 6.72. The van der Waals surface area contributed by atoms with E-state index in [0.717, 1.165) is 27.5 Å². The van der Waals surface area contributed by atoms with Gasteiger partial charge in [-0.1, -0.05) is 29.2 Å². The molecule has 1 aromatic carbocycles. The van der Waals surface area contributed by atoms with Crippen molar-refractivity contribution in [2.45, 2.75) is 11.3 Å². The molecule has 0 bridgehead atoms. The summed E-state index contributed by atoms with van der Waals surface area (Å²) in [5.74, 6) is -0.876. The summed E-state index contributed by atoms with van der Waals surface area (Å²) in [4.78, 5) is 10.5. The van der Waals surface area contributed by atoms with Crippen LogP contribution in [0.1, 0.15) is 5.56 Å². The molecule has 5 nitrogen and oxygen atoms in total. The van der Waals surface area contributed by atoms with Gasteiger partial charge in [0.25, 0.3) is 0 Å². The SMILES string of the molecule is Cc1ccc(Br)c(Nc2nnc(SCC(=O)O)s2)c1. The molecule has 2 aromatic rings. The van der Waals surface area contributed by atoms with Crippen LogP contribution in [-0.4, -0.2) is 27.0 Å². The van der Waals surface area contributed by atoms with Crippen molar-refractivity contribution in [3.8, 4) is 0 Å². The average molecular weight is 360 g/mol. The highest BCUT2D eigenvalue weighted by Crippen LogP contribution is 2.31. The molecule has 0 radical (unpaired) electrons. The summed E-state index contributed by atoms with van der Waals surface area (Å²) in [6.07, 6.45) is 0. The van der Waals surface area contributed by atoms with Crippen LogP contribution in [0.3, 0.4) is 0 Å². The fourth-order valence-corrected chi connectivity index (χ4v) is 3.12. The summed E-state index contributed by atoms with van der Waals surface area (Å²) in [5, 5.41) is 20.3. The lowest BCUT2D eigenvalue weighted by atomic mass is 10.2. The number of aryl methyl sites for hydroxylation is 1. The van der Waals surface area contributed by atoms with Gasteiger partial charge in [0.1, 0.15) is 0 Å². The quantitative estimate of drug-likeness (QED) is 0.795. The Bertz CT molecular complexity index is 603. The van der Waals surface area contributed by atoms with E-state index in [1.54, 1.807) is 0 Å². The third-order valence-corrected chi connectivity index (χ3v) is 4.74. The molecule has 0 unspecified atom stereocenters. The van der Waals surface area contributed by atoms with Gasteiger partial charge in [-0.3, -0.25) is 4.79 Å². The maximum atomic E-state index is 10.5. The third-order valence-electron chi connectivity index (χ3n) is 2.09. The van der Waals surface area contributed by atoms with Crippen molar-refractivity contribution in [1.82, 2.24) is 10.2 Å². The van der Waals surface area contributed by atoms with Crippen molar-refractivity contribution in [3.63, 3.8) is 0 Å². The fraction of sp³-hybridized carbons (Fsp3) is 0.182. The van der Waals surface area contributed by atoms with Crippen molar-refractivity contribution in [1.29, 1.82) is 0 Å². The summed E-state index contributed by atoms with van der Waals surface area (Å²) in [7, 11) is 0. The van der Waals surface area contributed by atoms with E-state index in [1.165, 1.54) is 11.3 Å². The zero-order valence-corrected chi connectivity index (χ0v) is 13.1. The molecule has 0 saturated carbocycles. The molecule has 0 amide bonds. The first-order valence-electron chi connectivity index (χ1n) is 5.26. The standard InChI is InChI=1S/C11H10BrN3O2S2/c1-6-2-3-7(12)8(4-6)13-10-14-15-11(19-10)18-5-9(16)17/h2-4H,5H2,1H3,(H,13,14)(H,16,17). The van der Waals surface area contributed by atoms with Crippen LogP contribution in [-0.2, 0) is 4.79 Å². The van der Waals surface area contributed by atoms with Crippen molar-refractivity contribution >= 4 is 55.8 Å². The Morgan fingerprint density at radius 2 is 2.32 bits per heavy atom. The number of aromatic nitrogens is 2. The molecule has 0 atom stereocenters. The Hall–Kier alpha value is -1.12. The zero-order chi connectivity index (χ0) is 13.8. The van der Waals surface area contributed by atoms with Gasteiger partial charge in [0.05, 0.1) is 11.4 Å². The number of carbonyl (C=O) groups is 1. The molecule has 0 saturated heterocycles. The molecule has 1 heterocycles. The molecule has 0 aliphatic rings. The number of rotatable bonds is 5. The number of nitrogens with one attached hydrogen (secondary N) is 1. The van der Waals surface area contributed by atoms with Gasteiger partial charge >= 0.3 is 5.97 Å². The van der Waals surface area contributed by atoms with Gasteiger partial charge in [0.15, 0.2) is 4.34 Å². The van der Waals surface area contributed by atoms with E-state index in [2.05, 4.69) is 31.4 Å². The van der Waals surface area contributed by atoms with Gasteiger partial charge in [0.2, 0.25) is 5.13 Å². The first-order valence-corrected chi connectivity index (χ1v) is 7.85. The maximum Gasteiger partial charge on any atom is 0.313 e. The summed E-state index contributed by atoms with van der Waals surface area (Å²) in [5.41, 5.74) is 2.04. The predicted molar refractivity (Wildman–Crippen MR) is 80.4 cm³/mol. The summed E-state index contributed by atoms with van der Waals surface area (Å²) >= 11 is 5.95. The lowest BCUT2D eigenvalue weighted by molar-refractivity contribution is -0.133. The molecule has 2 N–H and O–H groups in total. The molecule has 1 aromatic heterocycles. The highest BCUT2D eigenvalue weighted by Gasteiger charge is 2.08. The molecule has 0 aliphatic heterocycles.